The molecule has 68 heavy (non-hydrogen) atoms. The van der Waals surface area contributed by atoms with Crippen LogP contribution in [-0.4, -0.2) is 49.4 Å². The quantitative estimate of drug-likeness (QED) is 0.0685. The fraction of sp³-hybridized carbons (Fsp3) is 0.557. The lowest BCUT2D eigenvalue weighted by atomic mass is 9.47. The lowest BCUT2D eigenvalue weighted by Crippen LogP contribution is -2.62. The molecule has 0 bridgehead atoms. The Hall–Kier alpha value is -4.11. The number of esters is 1. The Bertz CT molecular complexity index is 2210. The van der Waals surface area contributed by atoms with E-state index in [9.17, 15) is 4.79 Å². The molecule has 0 N–H and O–H groups in total. The van der Waals surface area contributed by atoms with Crippen LogP contribution in [0.25, 0.3) is 0 Å². The summed E-state index contributed by atoms with van der Waals surface area (Å²) in [6.45, 7) is 13.8. The third kappa shape index (κ3) is 11.1. The van der Waals surface area contributed by atoms with Gasteiger partial charge in [-0.15, -0.1) is 0 Å². The summed E-state index contributed by atoms with van der Waals surface area (Å²) in [4.78, 5) is 14.2. The van der Waals surface area contributed by atoms with Crippen LogP contribution in [-0.2, 0) is 48.2 Å². The molecule has 0 amide bonds. The van der Waals surface area contributed by atoms with Gasteiger partial charge in [0.25, 0.3) is 0 Å². The highest BCUT2D eigenvalue weighted by atomic mass is 16.7. The normalized spacial score (nSPS) is 32.6. The molecule has 1 aliphatic heterocycles. The van der Waals surface area contributed by atoms with Gasteiger partial charge in [-0.1, -0.05) is 175 Å². The number of ether oxygens (including phenoxy) is 6. The van der Waals surface area contributed by atoms with Gasteiger partial charge in [0, 0.05) is 0 Å². The lowest BCUT2D eigenvalue weighted by molar-refractivity contribution is -0.327. The summed E-state index contributed by atoms with van der Waals surface area (Å²) >= 11 is 0. The number of carbonyl (C=O) groups excluding carboxylic acids is 1. The number of fused-ring (bicyclic) bond motifs is 5. The fourth-order valence-corrected chi connectivity index (χ4v) is 13.8. The Morgan fingerprint density at radius 3 is 1.94 bits per heavy atom. The predicted molar refractivity (Wildman–Crippen MR) is 268 cm³/mol. The molecule has 1 heterocycles. The smallest absolute Gasteiger partial charge is 0.338 e. The van der Waals surface area contributed by atoms with Gasteiger partial charge in [-0.3, -0.25) is 0 Å². The van der Waals surface area contributed by atoms with Gasteiger partial charge in [0.2, 0.25) is 0 Å². The van der Waals surface area contributed by atoms with Crippen LogP contribution in [0, 0.1) is 46.3 Å². The monoisotopic (exact) mass is 923 g/mol. The Balaban J connectivity index is 0.978. The number of benzene rings is 4. The van der Waals surface area contributed by atoms with Gasteiger partial charge in [0.15, 0.2) is 12.4 Å². The molecule has 9 rings (SSSR count). The van der Waals surface area contributed by atoms with Crippen LogP contribution in [0.4, 0.5) is 0 Å². The van der Waals surface area contributed by atoms with Gasteiger partial charge in [0.05, 0.1) is 38.1 Å². The van der Waals surface area contributed by atoms with Crippen molar-refractivity contribution in [3.05, 3.63) is 155 Å². The highest BCUT2D eigenvalue weighted by Gasteiger charge is 2.60. The molecule has 7 nitrogen and oxygen atoms in total. The summed E-state index contributed by atoms with van der Waals surface area (Å²) in [6, 6.07) is 39.6. The number of hydrogen-bond acceptors (Lipinski definition) is 7. The molecule has 7 heteroatoms. The molecule has 0 radical (unpaired) electrons. The third-order valence-corrected chi connectivity index (χ3v) is 17.4. The van der Waals surface area contributed by atoms with Crippen molar-refractivity contribution < 1.29 is 33.2 Å². The largest absolute Gasteiger partial charge is 0.450 e. The minimum absolute atomic E-state index is 0.118. The summed E-state index contributed by atoms with van der Waals surface area (Å²) < 4.78 is 41.2. The van der Waals surface area contributed by atoms with Crippen molar-refractivity contribution in [2.45, 2.75) is 162 Å². The van der Waals surface area contributed by atoms with E-state index in [0.29, 0.717) is 30.1 Å². The second-order valence-corrected chi connectivity index (χ2v) is 22.1. The number of rotatable bonds is 19. The van der Waals surface area contributed by atoms with E-state index in [1.54, 1.807) is 17.7 Å². The van der Waals surface area contributed by atoms with Crippen LogP contribution in [0.2, 0.25) is 0 Å². The van der Waals surface area contributed by atoms with Gasteiger partial charge in [0.1, 0.15) is 18.3 Å². The molecule has 4 aromatic carbocycles. The first-order valence-corrected chi connectivity index (χ1v) is 26.3. The first kappa shape index (κ1) is 48.9. The van der Waals surface area contributed by atoms with E-state index >= 15 is 0 Å². The predicted octanol–water partition coefficient (Wildman–Crippen LogP) is 13.8. The second-order valence-electron chi connectivity index (χ2n) is 22.1. The van der Waals surface area contributed by atoms with E-state index in [2.05, 4.69) is 65.0 Å². The fourth-order valence-electron chi connectivity index (χ4n) is 13.8. The molecule has 1 saturated heterocycles. The van der Waals surface area contributed by atoms with Gasteiger partial charge >= 0.3 is 5.97 Å². The van der Waals surface area contributed by atoms with Gasteiger partial charge in [-0.2, -0.15) is 0 Å². The molecule has 4 aliphatic carbocycles. The van der Waals surface area contributed by atoms with E-state index in [-0.39, 0.29) is 24.7 Å². The molecule has 364 valence electrons. The average molecular weight is 923 g/mol. The van der Waals surface area contributed by atoms with Crippen molar-refractivity contribution in [3.63, 3.8) is 0 Å². The van der Waals surface area contributed by atoms with Crippen molar-refractivity contribution >= 4 is 5.97 Å². The molecule has 13 atom stereocenters. The maximum atomic E-state index is 14.2. The Morgan fingerprint density at radius 2 is 1.29 bits per heavy atom. The van der Waals surface area contributed by atoms with Gasteiger partial charge in [-0.25, -0.2) is 4.79 Å². The maximum Gasteiger partial charge on any atom is 0.338 e. The van der Waals surface area contributed by atoms with E-state index in [4.69, 9.17) is 28.4 Å². The van der Waals surface area contributed by atoms with Crippen LogP contribution >= 0.6 is 0 Å². The SMILES string of the molecule is CC(C)CCC[C@@H](C)C1CCC2C3CC=C4CC(OC5OC(COCc6ccccc6)[C@@H](OCc6ccccc6)[C@H](OCc6ccccc6)[C@@H]5OC(=O)c5ccccc5)CC[C@]4(C)C3CC[C@@]21C. The zero-order valence-corrected chi connectivity index (χ0v) is 41.5. The van der Waals surface area contributed by atoms with Crippen molar-refractivity contribution in [1.82, 2.24) is 0 Å². The van der Waals surface area contributed by atoms with Crippen molar-refractivity contribution in [2.24, 2.45) is 46.3 Å². The molecular formula is C61H78O7. The van der Waals surface area contributed by atoms with Crippen molar-refractivity contribution in [3.8, 4) is 0 Å². The maximum absolute atomic E-state index is 14.2. The highest BCUT2D eigenvalue weighted by Crippen LogP contribution is 2.67. The summed E-state index contributed by atoms with van der Waals surface area (Å²) in [5.74, 6) is 4.25. The summed E-state index contributed by atoms with van der Waals surface area (Å²) in [7, 11) is 0. The van der Waals surface area contributed by atoms with Crippen LogP contribution in [0.3, 0.4) is 0 Å². The Labute approximate surface area is 407 Å². The number of carbonyl (C=O) groups is 1. The van der Waals surface area contributed by atoms with E-state index in [1.165, 1.54) is 51.4 Å². The highest BCUT2D eigenvalue weighted by molar-refractivity contribution is 5.89. The standard InChI is InChI=1S/C61H78O7/c1-42(2)19-18-20-43(3)51-31-32-52-50-30-29-48-37-49(33-35-60(48,4)53(50)34-36-61(51,52)5)66-59-57(68-58(62)47-27-16-9-17-28-47)56(65-40-46-25-14-8-15-26-46)55(64-39-45-23-12-7-13-24-45)54(67-59)41-63-38-44-21-10-6-11-22-44/h6-17,21-29,42-43,49-57,59H,18-20,30-41H2,1-5H3/t43-,49?,50?,51?,52?,53?,54?,55-,56+,57+,59?,60+,61-/m1/s1. The van der Waals surface area contributed by atoms with E-state index in [1.807, 2.05) is 84.9 Å². The van der Waals surface area contributed by atoms with E-state index < -0.39 is 36.7 Å². The van der Waals surface area contributed by atoms with Crippen molar-refractivity contribution in [2.75, 3.05) is 6.61 Å². The summed E-state index contributed by atoms with van der Waals surface area (Å²) in [5.41, 5.74) is 5.70. The van der Waals surface area contributed by atoms with Crippen LogP contribution < -0.4 is 0 Å². The minimum Gasteiger partial charge on any atom is -0.450 e. The first-order chi connectivity index (χ1) is 33.1. The number of hydrogen-bond donors (Lipinski definition) is 0. The molecule has 0 aromatic heterocycles. The van der Waals surface area contributed by atoms with Gasteiger partial charge in [-0.05, 0) is 127 Å². The third-order valence-electron chi connectivity index (χ3n) is 17.4. The number of allylic oxidation sites excluding steroid dienone is 1. The molecule has 4 aromatic rings. The molecular weight excluding hydrogens is 845 g/mol. The van der Waals surface area contributed by atoms with Crippen molar-refractivity contribution in [1.29, 1.82) is 0 Å². The lowest BCUT2D eigenvalue weighted by Gasteiger charge is -2.58. The average Bonchev–Trinajstić information content (AvgIpc) is 3.72. The zero-order chi connectivity index (χ0) is 47.1. The zero-order valence-electron chi connectivity index (χ0n) is 41.5. The van der Waals surface area contributed by atoms with E-state index in [0.717, 1.165) is 65.5 Å². The Morgan fingerprint density at radius 1 is 0.676 bits per heavy atom. The molecule has 4 fully saturated rings. The molecule has 3 saturated carbocycles. The minimum atomic E-state index is -0.935. The molecule has 7 unspecified atom stereocenters. The second kappa shape index (κ2) is 22.3. The topological polar surface area (TPSA) is 72.5 Å². The Kier molecular flexibility index (Phi) is 16.0. The summed E-state index contributed by atoms with van der Waals surface area (Å²) in [5, 5.41) is 0. The van der Waals surface area contributed by atoms with Gasteiger partial charge < -0.3 is 28.4 Å². The van der Waals surface area contributed by atoms with Crippen LogP contribution in [0.5, 0.6) is 0 Å². The summed E-state index contributed by atoms with van der Waals surface area (Å²) in [6.07, 6.45) is 12.2. The van der Waals surface area contributed by atoms with Crippen LogP contribution in [0.1, 0.15) is 132 Å². The first-order valence-electron chi connectivity index (χ1n) is 26.3. The molecule has 0 spiro atoms. The molecule has 5 aliphatic rings. The van der Waals surface area contributed by atoms with Crippen LogP contribution in [0.15, 0.2) is 133 Å².